The molecule has 0 amide bonds. The summed E-state index contributed by atoms with van der Waals surface area (Å²) in [6, 6.07) is 89.9. The normalized spacial score (nSPS) is 11.9. The summed E-state index contributed by atoms with van der Waals surface area (Å²) in [7, 11) is 0. The summed E-state index contributed by atoms with van der Waals surface area (Å²) in [4.78, 5) is 2.32. The molecule has 0 aliphatic carbocycles. The van der Waals surface area contributed by atoms with Crippen LogP contribution in [0, 0.1) is 0 Å². The van der Waals surface area contributed by atoms with Crippen LogP contribution in [0.25, 0.3) is 0 Å². The average Bonchev–Trinajstić information content (AvgIpc) is 3.41. The van der Waals surface area contributed by atoms with Gasteiger partial charge in [0.25, 0.3) is 0 Å². The lowest BCUT2D eigenvalue weighted by atomic mass is 9.79. The Labute approximate surface area is 396 Å². The SMILES string of the molecule is CCOC(c1ccccc1)(c1ccccc1)c1ccc(N(c2ccc(C(OCC)(c3ccccc3)c3ccccc3)cc2)c2ccc(C(OCC)(c3ccccc3)c3ccccc3)cc2)cc1. The standard InChI is InChI=1S/C63H57NO3/c1-4-65-61(49-25-13-7-14-26-49,50-27-15-8-16-28-50)55-37-43-58(44-38-55)64(59-45-39-56(40-46-59)62(66-5-2,51-29-17-9-18-30-51)52-31-19-10-20-32-52)60-47-41-57(42-48-60)63(67-6-3,53-33-21-11-22-34-53)54-35-23-12-24-36-54/h7-48H,4-6H2,1-3H3. The van der Waals surface area contributed by atoms with Gasteiger partial charge in [-0.15, -0.1) is 0 Å². The first-order valence-corrected chi connectivity index (χ1v) is 23.4. The first-order valence-electron chi connectivity index (χ1n) is 23.4. The quantitative estimate of drug-likeness (QED) is 0.0804. The second-order valence-electron chi connectivity index (χ2n) is 16.5. The lowest BCUT2D eigenvalue weighted by Crippen LogP contribution is -2.33. The van der Waals surface area contributed by atoms with Gasteiger partial charge in [-0.2, -0.15) is 0 Å². The number of anilines is 3. The van der Waals surface area contributed by atoms with Crippen molar-refractivity contribution in [2.45, 2.75) is 37.6 Å². The Kier molecular flexibility index (Phi) is 13.7. The number of hydrogen-bond acceptors (Lipinski definition) is 4. The van der Waals surface area contributed by atoms with Gasteiger partial charge in [0.05, 0.1) is 0 Å². The molecule has 9 aromatic carbocycles. The highest BCUT2D eigenvalue weighted by Crippen LogP contribution is 2.46. The van der Waals surface area contributed by atoms with Crippen molar-refractivity contribution in [3.8, 4) is 0 Å². The van der Waals surface area contributed by atoms with E-state index in [1.807, 2.05) is 0 Å². The molecule has 0 unspecified atom stereocenters. The molecule has 0 saturated carbocycles. The van der Waals surface area contributed by atoms with E-state index in [0.717, 1.165) is 67.1 Å². The Morgan fingerprint density at radius 1 is 0.239 bits per heavy atom. The third-order valence-corrected chi connectivity index (χ3v) is 12.8. The summed E-state index contributed by atoms with van der Waals surface area (Å²) in [5.41, 5.74) is 10.1. The number of ether oxygens (including phenoxy) is 3. The molecule has 0 N–H and O–H groups in total. The highest BCUT2D eigenvalue weighted by Gasteiger charge is 2.40. The fraction of sp³-hybridized carbons (Fsp3) is 0.143. The summed E-state index contributed by atoms with van der Waals surface area (Å²) < 4.78 is 20.7. The number of hydrogen-bond donors (Lipinski definition) is 0. The highest BCUT2D eigenvalue weighted by atomic mass is 16.5. The van der Waals surface area contributed by atoms with Gasteiger partial charge < -0.3 is 19.1 Å². The van der Waals surface area contributed by atoms with Crippen LogP contribution in [0.5, 0.6) is 0 Å². The van der Waals surface area contributed by atoms with Crippen molar-refractivity contribution in [1.82, 2.24) is 0 Å². The molecule has 0 radical (unpaired) electrons. The molecular weight excluding hydrogens is 819 g/mol. The molecule has 9 rings (SSSR count). The third kappa shape index (κ3) is 8.52. The van der Waals surface area contributed by atoms with Crippen LogP contribution in [0.2, 0.25) is 0 Å². The van der Waals surface area contributed by atoms with Crippen molar-refractivity contribution in [2.75, 3.05) is 24.7 Å². The van der Waals surface area contributed by atoms with Gasteiger partial charge in [-0.3, -0.25) is 0 Å². The predicted octanol–water partition coefficient (Wildman–Crippen LogP) is 15.1. The zero-order chi connectivity index (χ0) is 45.9. The summed E-state index contributed by atoms with van der Waals surface area (Å²) >= 11 is 0. The first-order chi connectivity index (χ1) is 33.1. The van der Waals surface area contributed by atoms with Gasteiger partial charge in [-0.1, -0.05) is 218 Å². The molecule has 4 heteroatoms. The van der Waals surface area contributed by atoms with Gasteiger partial charge in [0.1, 0.15) is 16.8 Å². The minimum atomic E-state index is -0.821. The topological polar surface area (TPSA) is 30.9 Å². The molecule has 0 bridgehead atoms. The summed E-state index contributed by atoms with van der Waals surface area (Å²) in [5, 5.41) is 0. The lowest BCUT2D eigenvalue weighted by Gasteiger charge is -2.37. The maximum absolute atomic E-state index is 6.90. The molecular formula is C63H57NO3. The van der Waals surface area contributed by atoms with Crippen LogP contribution in [0.15, 0.2) is 255 Å². The van der Waals surface area contributed by atoms with E-state index in [4.69, 9.17) is 14.2 Å². The average molecular weight is 876 g/mol. The van der Waals surface area contributed by atoms with Crippen LogP contribution in [0.3, 0.4) is 0 Å². The van der Waals surface area contributed by atoms with E-state index >= 15 is 0 Å². The van der Waals surface area contributed by atoms with Gasteiger partial charge in [0.2, 0.25) is 0 Å². The molecule has 0 atom stereocenters. The maximum atomic E-state index is 6.90. The smallest absolute Gasteiger partial charge is 0.143 e. The highest BCUT2D eigenvalue weighted by molar-refractivity contribution is 5.77. The predicted molar refractivity (Wildman–Crippen MR) is 274 cm³/mol. The Morgan fingerprint density at radius 3 is 0.567 bits per heavy atom. The first kappa shape index (κ1) is 44.8. The molecule has 9 aromatic rings. The van der Waals surface area contributed by atoms with Crippen LogP contribution in [-0.2, 0) is 31.0 Å². The van der Waals surface area contributed by atoms with Crippen molar-refractivity contribution in [2.24, 2.45) is 0 Å². The lowest BCUT2D eigenvalue weighted by molar-refractivity contribution is 0.0215. The second-order valence-corrected chi connectivity index (χ2v) is 16.5. The molecule has 0 aliphatic heterocycles. The van der Waals surface area contributed by atoms with Crippen molar-refractivity contribution in [1.29, 1.82) is 0 Å². The molecule has 0 fully saturated rings. The third-order valence-electron chi connectivity index (χ3n) is 12.8. The zero-order valence-electron chi connectivity index (χ0n) is 38.5. The summed E-state index contributed by atoms with van der Waals surface area (Å²) in [5.74, 6) is 0. The van der Waals surface area contributed by atoms with Crippen LogP contribution >= 0.6 is 0 Å². The second kappa shape index (κ2) is 20.4. The van der Waals surface area contributed by atoms with Crippen molar-refractivity contribution in [3.05, 3.63) is 305 Å². The summed E-state index contributed by atoms with van der Waals surface area (Å²) in [6.07, 6.45) is 0. The number of benzene rings is 9. The molecule has 0 spiro atoms. The van der Waals surface area contributed by atoms with E-state index in [9.17, 15) is 0 Å². The van der Waals surface area contributed by atoms with E-state index in [1.165, 1.54) is 0 Å². The molecule has 332 valence electrons. The minimum Gasteiger partial charge on any atom is -0.361 e. The van der Waals surface area contributed by atoms with Crippen LogP contribution < -0.4 is 4.90 Å². The Bertz CT molecular complexity index is 2450. The molecule has 0 saturated heterocycles. The number of nitrogens with zero attached hydrogens (tertiary/aromatic N) is 1. The maximum Gasteiger partial charge on any atom is 0.143 e. The number of rotatable bonds is 18. The molecule has 0 heterocycles. The monoisotopic (exact) mass is 875 g/mol. The minimum absolute atomic E-state index is 0.529. The van der Waals surface area contributed by atoms with Crippen molar-refractivity contribution >= 4 is 17.1 Å². The van der Waals surface area contributed by atoms with Crippen molar-refractivity contribution < 1.29 is 14.2 Å². The molecule has 4 nitrogen and oxygen atoms in total. The van der Waals surface area contributed by atoms with Gasteiger partial charge >= 0.3 is 0 Å². The Balaban J connectivity index is 1.21. The van der Waals surface area contributed by atoms with Gasteiger partial charge in [0.15, 0.2) is 0 Å². The van der Waals surface area contributed by atoms with E-state index in [1.54, 1.807) is 0 Å². The molecule has 0 aliphatic rings. The van der Waals surface area contributed by atoms with Crippen LogP contribution in [0.4, 0.5) is 17.1 Å². The van der Waals surface area contributed by atoms with E-state index in [-0.39, 0.29) is 0 Å². The van der Waals surface area contributed by atoms with E-state index in [2.05, 4.69) is 280 Å². The van der Waals surface area contributed by atoms with Gasteiger partial charge in [0, 0.05) is 36.9 Å². The van der Waals surface area contributed by atoms with Crippen LogP contribution in [-0.4, -0.2) is 19.8 Å². The Hall–Kier alpha value is -7.34. The fourth-order valence-corrected chi connectivity index (χ4v) is 9.92. The van der Waals surface area contributed by atoms with E-state index in [0.29, 0.717) is 19.8 Å². The van der Waals surface area contributed by atoms with Crippen LogP contribution in [0.1, 0.15) is 70.8 Å². The van der Waals surface area contributed by atoms with E-state index < -0.39 is 16.8 Å². The zero-order valence-corrected chi connectivity index (χ0v) is 38.5. The fourth-order valence-electron chi connectivity index (χ4n) is 9.92. The Morgan fingerprint density at radius 2 is 0.403 bits per heavy atom. The van der Waals surface area contributed by atoms with Gasteiger partial charge in [-0.05, 0) is 107 Å². The van der Waals surface area contributed by atoms with Crippen molar-refractivity contribution in [3.63, 3.8) is 0 Å². The summed E-state index contributed by atoms with van der Waals surface area (Å²) in [6.45, 7) is 7.78. The molecule has 67 heavy (non-hydrogen) atoms. The molecule has 0 aromatic heterocycles. The van der Waals surface area contributed by atoms with Gasteiger partial charge in [-0.25, -0.2) is 0 Å². The largest absolute Gasteiger partial charge is 0.361 e.